The lowest BCUT2D eigenvalue weighted by molar-refractivity contribution is 0.0910. The molecule has 102 valence electrons. The predicted octanol–water partition coefficient (Wildman–Crippen LogP) is 2.19. The topological polar surface area (TPSA) is 49.3 Å². The molecule has 0 radical (unpaired) electrons. The molecule has 3 heteroatoms. The minimum atomic E-state index is -0.161. The maximum Gasteiger partial charge on any atom is 0.251 e. The van der Waals surface area contributed by atoms with Crippen molar-refractivity contribution in [3.8, 4) is 11.8 Å². The highest BCUT2D eigenvalue weighted by molar-refractivity contribution is 5.94. The van der Waals surface area contributed by atoms with Gasteiger partial charge in [-0.3, -0.25) is 4.79 Å². The molecule has 0 aliphatic rings. The Kier molecular flexibility index (Phi) is 5.14. The Balaban J connectivity index is 2.73. The fraction of sp³-hybridized carbons (Fsp3) is 0.438. The van der Waals surface area contributed by atoms with Gasteiger partial charge < -0.3 is 10.4 Å². The lowest BCUT2D eigenvalue weighted by Gasteiger charge is -2.28. The first-order valence-corrected chi connectivity index (χ1v) is 6.35. The molecule has 1 amide bonds. The average Bonchev–Trinajstić information content (AvgIpc) is 2.35. The lowest BCUT2D eigenvalue weighted by atomic mass is 9.88. The second-order valence-electron chi connectivity index (χ2n) is 5.60. The highest BCUT2D eigenvalue weighted by Gasteiger charge is 2.21. The van der Waals surface area contributed by atoms with E-state index in [4.69, 9.17) is 5.11 Å². The number of carbonyl (C=O) groups is 1. The molecule has 0 bridgehead atoms. The molecule has 0 saturated heterocycles. The van der Waals surface area contributed by atoms with E-state index in [0.29, 0.717) is 5.56 Å². The van der Waals surface area contributed by atoms with E-state index in [0.717, 1.165) is 5.56 Å². The van der Waals surface area contributed by atoms with Gasteiger partial charge in [-0.25, -0.2) is 0 Å². The van der Waals surface area contributed by atoms with Crippen molar-refractivity contribution in [3.63, 3.8) is 0 Å². The Hall–Kier alpha value is -1.79. The zero-order valence-electron chi connectivity index (χ0n) is 11.9. The highest BCUT2D eigenvalue weighted by atomic mass is 16.2. The van der Waals surface area contributed by atoms with Gasteiger partial charge in [0.15, 0.2) is 0 Å². The largest absolute Gasteiger partial charge is 0.384 e. The number of rotatable bonds is 2. The molecule has 0 aromatic heterocycles. The molecule has 0 spiro atoms. The number of nitrogens with one attached hydrogen (secondary N) is 1. The molecular formula is C16H21NO2. The van der Waals surface area contributed by atoms with Gasteiger partial charge in [-0.15, -0.1) is 0 Å². The summed E-state index contributed by atoms with van der Waals surface area (Å²) >= 11 is 0. The standard InChI is InChI=1S/C16H21NO2/c1-12(16(2,3)4)17-15(19)14-9-7-13(8-10-14)6-5-11-18/h7-10,12,18H,11H2,1-4H3,(H,17,19). The zero-order valence-corrected chi connectivity index (χ0v) is 11.9. The molecule has 1 unspecified atom stereocenters. The molecule has 0 saturated carbocycles. The summed E-state index contributed by atoms with van der Waals surface area (Å²) < 4.78 is 0. The van der Waals surface area contributed by atoms with Crippen molar-refractivity contribution >= 4 is 5.91 Å². The second kappa shape index (κ2) is 6.40. The molecule has 1 aromatic carbocycles. The van der Waals surface area contributed by atoms with Crippen LogP contribution in [0.3, 0.4) is 0 Å². The van der Waals surface area contributed by atoms with Crippen LogP contribution in [0.2, 0.25) is 0 Å². The number of aliphatic hydroxyl groups excluding tert-OH is 1. The number of hydrogen-bond donors (Lipinski definition) is 2. The van der Waals surface area contributed by atoms with Gasteiger partial charge in [-0.2, -0.15) is 0 Å². The van der Waals surface area contributed by atoms with Crippen LogP contribution in [0.5, 0.6) is 0 Å². The van der Waals surface area contributed by atoms with Gasteiger partial charge in [-0.05, 0) is 36.6 Å². The zero-order chi connectivity index (χ0) is 14.5. The predicted molar refractivity (Wildman–Crippen MR) is 76.8 cm³/mol. The van der Waals surface area contributed by atoms with Crippen LogP contribution < -0.4 is 5.32 Å². The summed E-state index contributed by atoms with van der Waals surface area (Å²) in [5.74, 6) is 5.28. The second-order valence-corrected chi connectivity index (χ2v) is 5.60. The van der Waals surface area contributed by atoms with E-state index in [9.17, 15) is 4.79 Å². The minimum absolute atomic E-state index is 0.0300. The quantitative estimate of drug-likeness (QED) is 0.800. The van der Waals surface area contributed by atoms with E-state index in [1.54, 1.807) is 24.3 Å². The lowest BCUT2D eigenvalue weighted by Crippen LogP contribution is -2.41. The van der Waals surface area contributed by atoms with Crippen LogP contribution in [0.4, 0.5) is 0 Å². The van der Waals surface area contributed by atoms with Crippen molar-refractivity contribution in [3.05, 3.63) is 35.4 Å². The maximum atomic E-state index is 12.0. The van der Waals surface area contributed by atoms with Crippen LogP contribution in [-0.4, -0.2) is 23.7 Å². The van der Waals surface area contributed by atoms with E-state index in [2.05, 4.69) is 37.9 Å². The van der Waals surface area contributed by atoms with Gasteiger partial charge in [0.2, 0.25) is 0 Å². The van der Waals surface area contributed by atoms with Crippen LogP contribution in [0.15, 0.2) is 24.3 Å². The van der Waals surface area contributed by atoms with Crippen molar-refractivity contribution in [1.82, 2.24) is 5.32 Å². The number of aliphatic hydroxyl groups is 1. The first-order chi connectivity index (χ1) is 8.84. The number of amides is 1. The Bertz CT molecular complexity index is 486. The van der Waals surface area contributed by atoms with Crippen LogP contribution in [0, 0.1) is 17.3 Å². The van der Waals surface area contributed by atoms with Crippen molar-refractivity contribution in [1.29, 1.82) is 0 Å². The normalized spacial score (nSPS) is 12.3. The minimum Gasteiger partial charge on any atom is -0.384 e. The van der Waals surface area contributed by atoms with Gasteiger partial charge in [0.05, 0.1) is 0 Å². The van der Waals surface area contributed by atoms with Gasteiger partial charge in [0, 0.05) is 17.2 Å². The third-order valence-corrected chi connectivity index (χ3v) is 3.11. The summed E-state index contributed by atoms with van der Waals surface area (Å²) in [6, 6.07) is 7.13. The van der Waals surface area contributed by atoms with E-state index >= 15 is 0 Å². The van der Waals surface area contributed by atoms with Gasteiger partial charge >= 0.3 is 0 Å². The first-order valence-electron chi connectivity index (χ1n) is 6.35. The molecule has 1 atom stereocenters. The third-order valence-electron chi connectivity index (χ3n) is 3.11. The molecular weight excluding hydrogens is 238 g/mol. The summed E-state index contributed by atoms with van der Waals surface area (Å²) in [6.07, 6.45) is 0. The van der Waals surface area contributed by atoms with Gasteiger partial charge in [0.1, 0.15) is 6.61 Å². The van der Waals surface area contributed by atoms with Gasteiger partial charge in [-0.1, -0.05) is 32.6 Å². The third kappa shape index (κ3) is 4.76. The fourth-order valence-corrected chi connectivity index (χ4v) is 1.34. The van der Waals surface area contributed by atoms with Gasteiger partial charge in [0.25, 0.3) is 5.91 Å². The summed E-state index contributed by atoms with van der Waals surface area (Å²) in [6.45, 7) is 8.10. The Morgan fingerprint density at radius 3 is 2.37 bits per heavy atom. The molecule has 2 N–H and O–H groups in total. The Morgan fingerprint density at radius 2 is 1.89 bits per heavy atom. The SMILES string of the molecule is CC(NC(=O)c1ccc(C#CCO)cc1)C(C)(C)C. The van der Waals surface area contributed by atoms with Crippen LogP contribution in [-0.2, 0) is 0 Å². The first kappa shape index (κ1) is 15.3. The van der Waals surface area contributed by atoms with E-state index in [-0.39, 0.29) is 24.0 Å². The Labute approximate surface area is 115 Å². The van der Waals surface area contributed by atoms with E-state index in [1.165, 1.54) is 0 Å². The molecule has 1 aromatic rings. The van der Waals surface area contributed by atoms with Crippen molar-refractivity contribution in [2.24, 2.45) is 5.41 Å². The van der Waals surface area contributed by atoms with E-state index < -0.39 is 0 Å². The summed E-state index contributed by atoms with van der Waals surface area (Å²) in [5, 5.41) is 11.6. The summed E-state index contributed by atoms with van der Waals surface area (Å²) in [4.78, 5) is 12.0. The molecule has 3 nitrogen and oxygen atoms in total. The molecule has 0 fully saturated rings. The number of carbonyl (C=O) groups excluding carboxylic acids is 1. The fourth-order valence-electron chi connectivity index (χ4n) is 1.34. The summed E-state index contributed by atoms with van der Waals surface area (Å²) in [7, 11) is 0. The van der Waals surface area contributed by atoms with Crippen LogP contribution in [0.1, 0.15) is 43.6 Å². The van der Waals surface area contributed by atoms with Crippen molar-refractivity contribution in [2.45, 2.75) is 33.7 Å². The van der Waals surface area contributed by atoms with Crippen molar-refractivity contribution in [2.75, 3.05) is 6.61 Å². The number of hydrogen-bond acceptors (Lipinski definition) is 2. The van der Waals surface area contributed by atoms with Crippen LogP contribution in [0.25, 0.3) is 0 Å². The highest BCUT2D eigenvalue weighted by Crippen LogP contribution is 2.18. The maximum absolute atomic E-state index is 12.0. The Morgan fingerprint density at radius 1 is 1.32 bits per heavy atom. The van der Waals surface area contributed by atoms with Crippen molar-refractivity contribution < 1.29 is 9.90 Å². The van der Waals surface area contributed by atoms with E-state index in [1.807, 2.05) is 6.92 Å². The molecule has 19 heavy (non-hydrogen) atoms. The molecule has 0 heterocycles. The van der Waals surface area contributed by atoms with Crippen LogP contribution >= 0.6 is 0 Å². The number of benzene rings is 1. The monoisotopic (exact) mass is 259 g/mol. The smallest absolute Gasteiger partial charge is 0.251 e. The molecule has 0 aliphatic heterocycles. The average molecular weight is 259 g/mol. The summed E-state index contributed by atoms with van der Waals surface area (Å²) in [5.41, 5.74) is 1.43. The molecule has 1 rings (SSSR count). The molecule has 0 aliphatic carbocycles.